The zero-order valence-corrected chi connectivity index (χ0v) is 7.82. The number of carbonyl (C=O) groups excluding carboxylic acids is 1. The van der Waals surface area contributed by atoms with Crippen LogP contribution in [0, 0.1) is 11.8 Å². The fourth-order valence-electron chi connectivity index (χ4n) is 1.18. The van der Waals surface area contributed by atoms with Gasteiger partial charge in [0.05, 0.1) is 11.8 Å². The van der Waals surface area contributed by atoms with Crippen LogP contribution in [0.3, 0.4) is 0 Å². The molecule has 0 radical (unpaired) electrons. The van der Waals surface area contributed by atoms with Crippen molar-refractivity contribution in [2.75, 3.05) is 5.32 Å². The van der Waals surface area contributed by atoms with E-state index in [1.54, 1.807) is 0 Å². The van der Waals surface area contributed by atoms with Gasteiger partial charge in [-0.3, -0.25) is 9.59 Å². The molecule has 1 aliphatic rings. The molecular weight excluding hydrogens is 206 g/mol. The van der Waals surface area contributed by atoms with Crippen molar-refractivity contribution < 1.29 is 14.7 Å². The third-order valence-corrected chi connectivity index (χ3v) is 2.64. The van der Waals surface area contributed by atoms with Crippen LogP contribution in [0.15, 0.2) is 5.51 Å². The van der Waals surface area contributed by atoms with Gasteiger partial charge in [-0.2, -0.15) is 0 Å². The fraction of sp³-hybridized carbons (Fsp3) is 0.429. The van der Waals surface area contributed by atoms with Crippen molar-refractivity contribution in [3.8, 4) is 0 Å². The molecule has 1 aromatic rings. The van der Waals surface area contributed by atoms with E-state index < -0.39 is 17.8 Å². The number of carbonyl (C=O) groups is 2. The number of rotatable bonds is 3. The second-order valence-electron chi connectivity index (χ2n) is 3.02. The largest absolute Gasteiger partial charge is 0.481 e. The Morgan fingerprint density at radius 3 is 2.86 bits per heavy atom. The Morgan fingerprint density at radius 2 is 2.36 bits per heavy atom. The van der Waals surface area contributed by atoms with E-state index in [9.17, 15) is 9.59 Å². The number of nitrogens with one attached hydrogen (secondary N) is 1. The van der Waals surface area contributed by atoms with Crippen molar-refractivity contribution in [2.24, 2.45) is 11.8 Å². The van der Waals surface area contributed by atoms with Crippen LogP contribution in [-0.4, -0.2) is 27.2 Å². The number of nitrogens with zero attached hydrogens (tertiary/aromatic N) is 2. The predicted octanol–water partition coefficient (Wildman–Crippen LogP) is 0.197. The molecule has 7 heteroatoms. The number of aliphatic carboxylic acids is 1. The quantitative estimate of drug-likeness (QED) is 0.748. The number of amides is 1. The minimum atomic E-state index is -0.914. The monoisotopic (exact) mass is 213 g/mol. The summed E-state index contributed by atoms with van der Waals surface area (Å²) in [4.78, 5) is 21.8. The molecule has 14 heavy (non-hydrogen) atoms. The van der Waals surface area contributed by atoms with Crippen LogP contribution in [0.25, 0.3) is 0 Å². The predicted molar refractivity (Wildman–Crippen MR) is 47.8 cm³/mol. The lowest BCUT2D eigenvalue weighted by molar-refractivity contribution is -0.139. The molecule has 2 N–H and O–H groups in total. The summed E-state index contributed by atoms with van der Waals surface area (Å²) in [5.41, 5.74) is 1.50. The summed E-state index contributed by atoms with van der Waals surface area (Å²) in [5, 5.41) is 18.7. The van der Waals surface area contributed by atoms with Gasteiger partial charge in [0, 0.05) is 0 Å². The molecule has 6 nitrogen and oxygen atoms in total. The first kappa shape index (κ1) is 9.07. The number of anilines is 1. The molecular formula is C7H7N3O3S. The molecule has 2 unspecified atom stereocenters. The molecule has 0 bridgehead atoms. The van der Waals surface area contributed by atoms with E-state index in [1.807, 2.05) is 0 Å². The highest BCUT2D eigenvalue weighted by Crippen LogP contribution is 2.39. The van der Waals surface area contributed by atoms with Gasteiger partial charge in [-0.05, 0) is 6.42 Å². The summed E-state index contributed by atoms with van der Waals surface area (Å²) < 4.78 is 0. The van der Waals surface area contributed by atoms with Crippen molar-refractivity contribution in [2.45, 2.75) is 6.42 Å². The first-order chi connectivity index (χ1) is 6.68. The van der Waals surface area contributed by atoms with Gasteiger partial charge in [0.1, 0.15) is 5.51 Å². The van der Waals surface area contributed by atoms with E-state index in [2.05, 4.69) is 15.5 Å². The minimum Gasteiger partial charge on any atom is -0.481 e. The highest BCUT2D eigenvalue weighted by atomic mass is 32.1. The Morgan fingerprint density at radius 1 is 1.57 bits per heavy atom. The molecule has 74 valence electrons. The molecule has 1 amide bonds. The maximum Gasteiger partial charge on any atom is 0.307 e. The Labute approximate surface area is 83.0 Å². The van der Waals surface area contributed by atoms with Crippen molar-refractivity contribution in [1.29, 1.82) is 0 Å². The Bertz CT molecular complexity index is 364. The number of carboxylic acids is 1. The summed E-state index contributed by atoms with van der Waals surface area (Å²) in [6.45, 7) is 0. The Balaban J connectivity index is 1.90. The maximum atomic E-state index is 11.4. The zero-order valence-electron chi connectivity index (χ0n) is 7.01. The third-order valence-electron chi connectivity index (χ3n) is 2.03. The maximum absolute atomic E-state index is 11.4. The second kappa shape index (κ2) is 3.33. The lowest BCUT2D eigenvalue weighted by Crippen LogP contribution is -2.16. The molecule has 2 rings (SSSR count). The molecule has 1 saturated carbocycles. The SMILES string of the molecule is O=C(O)C1CC1C(=O)Nc1nncs1. The molecule has 0 aromatic carbocycles. The normalized spacial score (nSPS) is 24.3. The highest BCUT2D eigenvalue weighted by molar-refractivity contribution is 7.13. The molecule has 1 aliphatic carbocycles. The van der Waals surface area contributed by atoms with Gasteiger partial charge in [-0.1, -0.05) is 11.3 Å². The van der Waals surface area contributed by atoms with Crippen LogP contribution in [-0.2, 0) is 9.59 Å². The average molecular weight is 213 g/mol. The van der Waals surface area contributed by atoms with E-state index in [4.69, 9.17) is 5.11 Å². The molecule has 1 fully saturated rings. The first-order valence-electron chi connectivity index (χ1n) is 3.98. The fourth-order valence-corrected chi connectivity index (χ4v) is 1.63. The molecule has 2 atom stereocenters. The number of aromatic nitrogens is 2. The molecule has 1 aromatic heterocycles. The Hall–Kier alpha value is -1.50. The third kappa shape index (κ3) is 1.72. The zero-order chi connectivity index (χ0) is 10.1. The van der Waals surface area contributed by atoms with Crippen LogP contribution < -0.4 is 5.32 Å². The van der Waals surface area contributed by atoms with Gasteiger partial charge in [0.15, 0.2) is 0 Å². The standard InChI is InChI=1S/C7H7N3O3S/c11-5(3-1-4(3)6(12)13)9-7-10-8-2-14-7/h2-4H,1H2,(H,12,13)(H,9,10,11). The van der Waals surface area contributed by atoms with Crippen molar-refractivity contribution in [3.63, 3.8) is 0 Å². The number of carboxylic acid groups (broad SMARTS) is 1. The highest BCUT2D eigenvalue weighted by Gasteiger charge is 2.48. The Kier molecular flexibility index (Phi) is 2.16. The summed E-state index contributed by atoms with van der Waals surface area (Å²) in [5.74, 6) is -2.13. The average Bonchev–Trinajstić information content (AvgIpc) is 2.80. The smallest absolute Gasteiger partial charge is 0.307 e. The van der Waals surface area contributed by atoms with Crippen LogP contribution in [0.5, 0.6) is 0 Å². The molecule has 0 spiro atoms. The van der Waals surface area contributed by atoms with E-state index in [0.29, 0.717) is 11.6 Å². The van der Waals surface area contributed by atoms with Gasteiger partial charge in [0.2, 0.25) is 11.0 Å². The van der Waals surface area contributed by atoms with Crippen molar-refractivity contribution in [1.82, 2.24) is 10.2 Å². The summed E-state index contributed by atoms with van der Waals surface area (Å²) >= 11 is 1.20. The molecule has 0 saturated heterocycles. The van der Waals surface area contributed by atoms with Crippen LogP contribution in [0.2, 0.25) is 0 Å². The van der Waals surface area contributed by atoms with Crippen molar-refractivity contribution >= 4 is 28.3 Å². The number of hydrogen-bond donors (Lipinski definition) is 2. The minimum absolute atomic E-state index is 0.283. The van der Waals surface area contributed by atoms with E-state index >= 15 is 0 Å². The topological polar surface area (TPSA) is 92.2 Å². The van der Waals surface area contributed by atoms with Gasteiger partial charge in [0.25, 0.3) is 0 Å². The van der Waals surface area contributed by atoms with Gasteiger partial charge < -0.3 is 10.4 Å². The van der Waals surface area contributed by atoms with E-state index in [-0.39, 0.29) is 5.91 Å². The summed E-state index contributed by atoms with van der Waals surface area (Å²) in [7, 11) is 0. The first-order valence-corrected chi connectivity index (χ1v) is 4.86. The number of hydrogen-bond acceptors (Lipinski definition) is 5. The lowest BCUT2D eigenvalue weighted by Gasteiger charge is -1.97. The molecule has 0 aliphatic heterocycles. The van der Waals surface area contributed by atoms with Gasteiger partial charge in [-0.15, -0.1) is 10.2 Å². The molecule has 1 heterocycles. The second-order valence-corrected chi connectivity index (χ2v) is 3.85. The lowest BCUT2D eigenvalue weighted by atomic mass is 10.3. The van der Waals surface area contributed by atoms with Crippen LogP contribution >= 0.6 is 11.3 Å². The van der Waals surface area contributed by atoms with Gasteiger partial charge in [-0.25, -0.2) is 0 Å². The van der Waals surface area contributed by atoms with Crippen molar-refractivity contribution in [3.05, 3.63) is 5.51 Å². The summed E-state index contributed by atoms with van der Waals surface area (Å²) in [6, 6.07) is 0. The summed E-state index contributed by atoms with van der Waals surface area (Å²) in [6.07, 6.45) is 0.417. The van der Waals surface area contributed by atoms with E-state index in [0.717, 1.165) is 0 Å². The van der Waals surface area contributed by atoms with E-state index in [1.165, 1.54) is 16.8 Å². The van der Waals surface area contributed by atoms with Crippen LogP contribution in [0.4, 0.5) is 5.13 Å². The van der Waals surface area contributed by atoms with Crippen LogP contribution in [0.1, 0.15) is 6.42 Å². The van der Waals surface area contributed by atoms with Gasteiger partial charge >= 0.3 is 5.97 Å².